The van der Waals surface area contributed by atoms with Crippen molar-refractivity contribution < 1.29 is 38.9 Å². The van der Waals surface area contributed by atoms with Crippen molar-refractivity contribution >= 4 is 23.8 Å². The maximum atomic E-state index is 12.3. The van der Waals surface area contributed by atoms with Gasteiger partial charge in [0.15, 0.2) is 0 Å². The van der Waals surface area contributed by atoms with Crippen LogP contribution in [-0.2, 0) is 23.9 Å². The summed E-state index contributed by atoms with van der Waals surface area (Å²) in [5.41, 5.74) is -1.56. The third-order valence-corrected chi connectivity index (χ3v) is 3.14. The molecule has 2 atom stereocenters. The number of aliphatic hydroxyl groups is 1. The molecule has 156 valence electrons. The summed E-state index contributed by atoms with van der Waals surface area (Å²) in [7, 11) is 0. The average Bonchev–Trinajstić information content (AvgIpc) is 2.44. The Morgan fingerprint density at radius 1 is 0.963 bits per heavy atom. The number of rotatable bonds is 9. The maximum absolute atomic E-state index is 12.3. The topological polar surface area (TPSA) is 139 Å². The number of aliphatic carboxylic acids is 1. The van der Waals surface area contributed by atoms with E-state index in [1.807, 2.05) is 0 Å². The van der Waals surface area contributed by atoms with E-state index < -0.39 is 53.6 Å². The van der Waals surface area contributed by atoms with Gasteiger partial charge in [0.05, 0.1) is 12.5 Å². The molecule has 0 aromatic rings. The van der Waals surface area contributed by atoms with Crippen molar-refractivity contribution in [2.24, 2.45) is 5.92 Å². The number of ketones is 1. The highest BCUT2D eigenvalue weighted by Crippen LogP contribution is 2.14. The fourth-order valence-electron chi connectivity index (χ4n) is 1.98. The van der Waals surface area contributed by atoms with Crippen molar-refractivity contribution in [1.82, 2.24) is 5.32 Å². The van der Waals surface area contributed by atoms with Crippen molar-refractivity contribution in [1.29, 1.82) is 0 Å². The lowest BCUT2D eigenvalue weighted by Crippen LogP contribution is -2.46. The highest BCUT2D eigenvalue weighted by atomic mass is 16.6. The van der Waals surface area contributed by atoms with Gasteiger partial charge in [-0.15, -0.1) is 0 Å². The molecule has 1 amide bonds. The fraction of sp³-hybridized carbons (Fsp3) is 0.778. The molecule has 0 aromatic carbocycles. The van der Waals surface area contributed by atoms with Crippen LogP contribution in [-0.4, -0.2) is 57.9 Å². The second-order valence-electron chi connectivity index (χ2n) is 8.23. The van der Waals surface area contributed by atoms with E-state index in [9.17, 15) is 19.2 Å². The SMILES string of the molecule is CC(C)(C)OC(=O)N[C@@H](CCC(=O)C[C@@H](CO)C(=O)O)C(=O)OC(C)(C)C. The highest BCUT2D eigenvalue weighted by Gasteiger charge is 2.29. The van der Waals surface area contributed by atoms with Gasteiger partial charge in [0.25, 0.3) is 0 Å². The highest BCUT2D eigenvalue weighted by molar-refractivity contribution is 5.86. The first kappa shape index (κ1) is 24.8. The van der Waals surface area contributed by atoms with Crippen molar-refractivity contribution in [3.05, 3.63) is 0 Å². The Balaban J connectivity index is 4.98. The molecule has 0 spiro atoms. The van der Waals surface area contributed by atoms with Crippen LogP contribution in [0.15, 0.2) is 0 Å². The molecule has 0 radical (unpaired) electrons. The average molecular weight is 389 g/mol. The largest absolute Gasteiger partial charge is 0.481 e. The number of Topliss-reactive ketones (excluding diaryl/α,β-unsaturated/α-hetero) is 1. The van der Waals surface area contributed by atoms with Gasteiger partial charge in [-0.3, -0.25) is 9.59 Å². The normalized spacial score (nSPS) is 14.0. The Bertz CT molecular complexity index is 545. The third kappa shape index (κ3) is 12.0. The predicted octanol–water partition coefficient (Wildman–Crippen LogP) is 1.65. The van der Waals surface area contributed by atoms with Gasteiger partial charge in [-0.2, -0.15) is 0 Å². The summed E-state index contributed by atoms with van der Waals surface area (Å²) < 4.78 is 10.4. The van der Waals surface area contributed by atoms with E-state index in [-0.39, 0.29) is 19.3 Å². The quantitative estimate of drug-likeness (QED) is 0.506. The molecule has 3 N–H and O–H groups in total. The molecule has 9 heteroatoms. The Morgan fingerprint density at radius 3 is 1.89 bits per heavy atom. The minimum Gasteiger partial charge on any atom is -0.481 e. The van der Waals surface area contributed by atoms with Crippen LogP contribution in [0.25, 0.3) is 0 Å². The molecule has 0 saturated heterocycles. The molecule has 27 heavy (non-hydrogen) atoms. The van der Waals surface area contributed by atoms with Crippen molar-refractivity contribution in [3.63, 3.8) is 0 Å². The molecule has 0 aliphatic heterocycles. The van der Waals surface area contributed by atoms with Crippen LogP contribution in [0.4, 0.5) is 4.79 Å². The lowest BCUT2D eigenvalue weighted by atomic mass is 9.99. The van der Waals surface area contributed by atoms with Crippen molar-refractivity contribution in [3.8, 4) is 0 Å². The molecular formula is C18H31NO8. The Labute approximate surface area is 159 Å². The Hall–Kier alpha value is -2.16. The summed E-state index contributed by atoms with van der Waals surface area (Å²) >= 11 is 0. The number of aliphatic hydroxyl groups excluding tert-OH is 1. The first-order valence-electron chi connectivity index (χ1n) is 8.72. The van der Waals surface area contributed by atoms with Gasteiger partial charge in [0.1, 0.15) is 23.0 Å². The molecule has 9 nitrogen and oxygen atoms in total. The van der Waals surface area contributed by atoms with Crippen LogP contribution in [0, 0.1) is 5.92 Å². The van der Waals surface area contributed by atoms with Gasteiger partial charge in [0, 0.05) is 12.8 Å². The standard InChI is InChI=1S/C18H31NO8/c1-17(2,3)26-15(24)13(19-16(25)27-18(4,5)6)8-7-12(21)9-11(10-20)14(22)23/h11,13,20H,7-10H2,1-6H3,(H,19,25)(H,22,23)/t11-,13-/m0/s1. The first-order chi connectivity index (χ1) is 12.1. The number of carboxylic acids is 1. The molecule has 0 fully saturated rings. The summed E-state index contributed by atoms with van der Waals surface area (Å²) in [4.78, 5) is 47.1. The van der Waals surface area contributed by atoms with E-state index in [1.165, 1.54) is 0 Å². The van der Waals surface area contributed by atoms with Crippen LogP contribution >= 0.6 is 0 Å². The summed E-state index contributed by atoms with van der Waals surface area (Å²) in [6.45, 7) is 9.34. The fourth-order valence-corrected chi connectivity index (χ4v) is 1.98. The monoisotopic (exact) mass is 389 g/mol. The van der Waals surface area contributed by atoms with Crippen LogP contribution in [0.5, 0.6) is 0 Å². The second-order valence-corrected chi connectivity index (χ2v) is 8.23. The van der Waals surface area contributed by atoms with E-state index in [0.29, 0.717) is 0 Å². The number of amides is 1. The zero-order valence-electron chi connectivity index (χ0n) is 16.8. The molecule has 0 bridgehead atoms. The zero-order valence-corrected chi connectivity index (χ0v) is 16.8. The van der Waals surface area contributed by atoms with Gasteiger partial charge in [-0.25, -0.2) is 9.59 Å². The Kier molecular flexibility index (Phi) is 9.43. The minimum absolute atomic E-state index is 0.0786. The predicted molar refractivity (Wildman–Crippen MR) is 96.1 cm³/mol. The number of carboxylic acid groups (broad SMARTS) is 1. The van der Waals surface area contributed by atoms with Crippen LogP contribution in [0.2, 0.25) is 0 Å². The smallest absolute Gasteiger partial charge is 0.408 e. The third-order valence-electron chi connectivity index (χ3n) is 3.14. The van der Waals surface area contributed by atoms with E-state index in [1.54, 1.807) is 41.5 Å². The summed E-state index contributed by atoms with van der Waals surface area (Å²) in [5.74, 6) is -3.65. The van der Waals surface area contributed by atoms with Gasteiger partial charge in [-0.1, -0.05) is 0 Å². The van der Waals surface area contributed by atoms with E-state index in [2.05, 4.69) is 5.32 Å². The molecule has 0 unspecified atom stereocenters. The second kappa shape index (κ2) is 10.2. The number of carbonyl (C=O) groups excluding carboxylic acids is 3. The van der Waals surface area contributed by atoms with Crippen LogP contribution in [0.1, 0.15) is 60.8 Å². The van der Waals surface area contributed by atoms with Gasteiger partial charge in [0.2, 0.25) is 0 Å². The number of nitrogens with one attached hydrogen (secondary N) is 1. The first-order valence-corrected chi connectivity index (χ1v) is 8.72. The van der Waals surface area contributed by atoms with Gasteiger partial charge in [-0.05, 0) is 48.0 Å². The molecule has 0 aliphatic rings. The minimum atomic E-state index is -1.28. The molecule has 0 rings (SSSR count). The number of ether oxygens (including phenoxy) is 2. The lowest BCUT2D eigenvalue weighted by molar-refractivity contribution is -0.157. The zero-order chi connectivity index (χ0) is 21.4. The molecular weight excluding hydrogens is 358 g/mol. The number of esters is 1. The number of hydrogen-bond acceptors (Lipinski definition) is 7. The van der Waals surface area contributed by atoms with E-state index in [4.69, 9.17) is 19.7 Å². The molecule has 0 heterocycles. The summed E-state index contributed by atoms with van der Waals surface area (Å²) in [6.07, 6.45) is -1.43. The number of alkyl carbamates (subject to hydrolysis) is 1. The van der Waals surface area contributed by atoms with E-state index in [0.717, 1.165) is 0 Å². The van der Waals surface area contributed by atoms with Crippen molar-refractivity contribution in [2.75, 3.05) is 6.61 Å². The molecule has 0 saturated carbocycles. The van der Waals surface area contributed by atoms with Crippen LogP contribution < -0.4 is 5.32 Å². The number of hydrogen-bond donors (Lipinski definition) is 3. The van der Waals surface area contributed by atoms with Gasteiger partial charge >= 0.3 is 18.0 Å². The number of carbonyl (C=O) groups is 4. The van der Waals surface area contributed by atoms with Crippen molar-refractivity contribution in [2.45, 2.75) is 78.0 Å². The Morgan fingerprint density at radius 2 is 1.48 bits per heavy atom. The van der Waals surface area contributed by atoms with E-state index >= 15 is 0 Å². The summed E-state index contributed by atoms with van der Waals surface area (Å²) in [5, 5.41) is 20.3. The van der Waals surface area contributed by atoms with Crippen LogP contribution in [0.3, 0.4) is 0 Å². The lowest BCUT2D eigenvalue weighted by Gasteiger charge is -2.26. The molecule has 0 aromatic heterocycles. The summed E-state index contributed by atoms with van der Waals surface area (Å²) in [6, 6.07) is -1.12. The van der Waals surface area contributed by atoms with Gasteiger partial charge < -0.3 is 25.0 Å². The molecule has 0 aliphatic carbocycles. The maximum Gasteiger partial charge on any atom is 0.408 e.